The molecule has 0 bridgehead atoms. The molecule has 0 saturated heterocycles. The Bertz CT molecular complexity index is 307. The molecule has 0 aromatic heterocycles. The van der Waals surface area contributed by atoms with Crippen LogP contribution in [-0.4, -0.2) is 18.9 Å². The number of carbonyl (C=O) groups excluding carboxylic acids is 2. The lowest BCUT2D eigenvalue weighted by molar-refractivity contribution is -0.141. The first kappa shape index (κ1) is 15.2. The van der Waals surface area contributed by atoms with E-state index >= 15 is 0 Å². The fourth-order valence-corrected chi connectivity index (χ4v) is 3.24. The SMILES string of the molecule is COC(=O)CCC[C@@H](C)[C@H]1CCCC(=O)C1(C)C. The van der Waals surface area contributed by atoms with Gasteiger partial charge in [0.1, 0.15) is 5.78 Å². The first-order valence-corrected chi connectivity index (χ1v) is 6.99. The van der Waals surface area contributed by atoms with Crippen LogP contribution < -0.4 is 0 Å². The Labute approximate surface area is 110 Å². The molecule has 2 atom stereocenters. The third kappa shape index (κ3) is 3.56. The molecule has 0 unspecified atom stereocenters. The zero-order valence-electron chi connectivity index (χ0n) is 12.1. The Morgan fingerprint density at radius 3 is 2.78 bits per heavy atom. The highest BCUT2D eigenvalue weighted by Crippen LogP contribution is 2.43. The van der Waals surface area contributed by atoms with E-state index < -0.39 is 0 Å². The van der Waals surface area contributed by atoms with E-state index in [1.807, 2.05) is 0 Å². The summed E-state index contributed by atoms with van der Waals surface area (Å²) in [5, 5.41) is 0. The highest BCUT2D eigenvalue weighted by atomic mass is 16.5. The summed E-state index contributed by atoms with van der Waals surface area (Å²) < 4.78 is 4.64. The molecule has 3 heteroatoms. The molecule has 1 aliphatic rings. The predicted octanol–water partition coefficient (Wildman–Crippen LogP) is 3.36. The Morgan fingerprint density at radius 2 is 2.17 bits per heavy atom. The van der Waals surface area contributed by atoms with Crippen LogP contribution in [0.4, 0.5) is 0 Å². The average molecular weight is 254 g/mol. The number of Topliss-reactive ketones (excluding diaryl/α,β-unsaturated/α-hetero) is 1. The lowest BCUT2D eigenvalue weighted by Crippen LogP contribution is -2.40. The largest absolute Gasteiger partial charge is 0.469 e. The number of ketones is 1. The molecule has 0 radical (unpaired) electrons. The molecule has 104 valence electrons. The molecule has 18 heavy (non-hydrogen) atoms. The Hall–Kier alpha value is -0.860. The van der Waals surface area contributed by atoms with Crippen molar-refractivity contribution in [3.8, 4) is 0 Å². The number of ether oxygens (including phenoxy) is 1. The lowest BCUT2D eigenvalue weighted by atomic mass is 9.63. The third-order valence-electron chi connectivity index (χ3n) is 4.52. The molecule has 1 rings (SSSR count). The van der Waals surface area contributed by atoms with Crippen LogP contribution in [0.3, 0.4) is 0 Å². The van der Waals surface area contributed by atoms with E-state index in [1.165, 1.54) is 7.11 Å². The van der Waals surface area contributed by atoms with Crippen molar-refractivity contribution in [2.45, 2.75) is 59.3 Å². The van der Waals surface area contributed by atoms with E-state index in [0.717, 1.165) is 32.1 Å². The highest BCUT2D eigenvalue weighted by Gasteiger charge is 2.41. The number of methoxy groups -OCH3 is 1. The summed E-state index contributed by atoms with van der Waals surface area (Å²) in [5.41, 5.74) is -0.192. The molecule has 3 nitrogen and oxygen atoms in total. The van der Waals surface area contributed by atoms with Crippen LogP contribution >= 0.6 is 0 Å². The molecular formula is C15H26O3. The van der Waals surface area contributed by atoms with E-state index in [0.29, 0.717) is 24.0 Å². The van der Waals surface area contributed by atoms with E-state index in [1.54, 1.807) is 0 Å². The van der Waals surface area contributed by atoms with Gasteiger partial charge in [0.25, 0.3) is 0 Å². The minimum atomic E-state index is -0.192. The minimum absolute atomic E-state index is 0.138. The quantitative estimate of drug-likeness (QED) is 0.706. The first-order valence-electron chi connectivity index (χ1n) is 6.99. The molecular weight excluding hydrogens is 228 g/mol. The summed E-state index contributed by atoms with van der Waals surface area (Å²) in [6, 6.07) is 0. The molecule has 0 aromatic rings. The maximum absolute atomic E-state index is 12.0. The zero-order valence-corrected chi connectivity index (χ0v) is 12.1. The molecule has 0 amide bonds. The van der Waals surface area contributed by atoms with Crippen molar-refractivity contribution >= 4 is 11.8 Å². The lowest BCUT2D eigenvalue weighted by Gasteiger charge is -2.41. The summed E-state index contributed by atoms with van der Waals surface area (Å²) in [6.45, 7) is 6.37. The van der Waals surface area contributed by atoms with Crippen LogP contribution in [0.25, 0.3) is 0 Å². The van der Waals surface area contributed by atoms with Gasteiger partial charge in [-0.05, 0) is 37.5 Å². The van der Waals surface area contributed by atoms with Gasteiger partial charge in [0.15, 0.2) is 0 Å². The number of hydrogen-bond donors (Lipinski definition) is 0. The number of rotatable bonds is 5. The monoisotopic (exact) mass is 254 g/mol. The number of esters is 1. The molecule has 0 aliphatic heterocycles. The average Bonchev–Trinajstić information content (AvgIpc) is 2.32. The molecule has 1 aliphatic carbocycles. The van der Waals surface area contributed by atoms with Gasteiger partial charge in [-0.2, -0.15) is 0 Å². The summed E-state index contributed by atoms with van der Waals surface area (Å²) in [6.07, 6.45) is 5.23. The normalized spacial score (nSPS) is 24.7. The zero-order chi connectivity index (χ0) is 13.8. The standard InChI is InChI=1S/C15H26O3/c1-11(7-5-10-14(17)18-4)12-8-6-9-13(16)15(12,2)3/h11-12H,5-10H2,1-4H3/t11-,12-/m1/s1. The van der Waals surface area contributed by atoms with Crippen molar-refractivity contribution in [2.24, 2.45) is 17.3 Å². The van der Waals surface area contributed by atoms with Crippen molar-refractivity contribution in [1.29, 1.82) is 0 Å². The molecule has 0 spiro atoms. The van der Waals surface area contributed by atoms with Crippen LogP contribution in [-0.2, 0) is 14.3 Å². The second-order valence-corrected chi connectivity index (χ2v) is 6.09. The Kier molecular flexibility index (Phi) is 5.36. The Morgan fingerprint density at radius 1 is 1.50 bits per heavy atom. The van der Waals surface area contributed by atoms with Gasteiger partial charge >= 0.3 is 5.97 Å². The van der Waals surface area contributed by atoms with Crippen molar-refractivity contribution in [3.63, 3.8) is 0 Å². The van der Waals surface area contributed by atoms with Gasteiger partial charge in [0.05, 0.1) is 7.11 Å². The van der Waals surface area contributed by atoms with Gasteiger partial charge in [-0.3, -0.25) is 9.59 Å². The maximum atomic E-state index is 12.0. The topological polar surface area (TPSA) is 43.4 Å². The van der Waals surface area contributed by atoms with Crippen LogP contribution in [0, 0.1) is 17.3 Å². The van der Waals surface area contributed by atoms with Gasteiger partial charge < -0.3 is 4.74 Å². The first-order chi connectivity index (χ1) is 8.39. The fourth-order valence-electron chi connectivity index (χ4n) is 3.24. The summed E-state index contributed by atoms with van der Waals surface area (Å²) in [4.78, 5) is 23.1. The van der Waals surface area contributed by atoms with Gasteiger partial charge in [-0.1, -0.05) is 20.8 Å². The van der Waals surface area contributed by atoms with Crippen LogP contribution in [0.1, 0.15) is 59.3 Å². The van der Waals surface area contributed by atoms with Gasteiger partial charge in [-0.25, -0.2) is 0 Å². The highest BCUT2D eigenvalue weighted by molar-refractivity contribution is 5.85. The molecule has 0 N–H and O–H groups in total. The van der Waals surface area contributed by atoms with Crippen LogP contribution in [0.5, 0.6) is 0 Å². The second kappa shape index (κ2) is 6.35. The van der Waals surface area contributed by atoms with E-state index in [-0.39, 0.29) is 11.4 Å². The number of hydrogen-bond acceptors (Lipinski definition) is 3. The molecule has 0 aromatic carbocycles. The van der Waals surface area contributed by atoms with Gasteiger partial charge in [0.2, 0.25) is 0 Å². The van der Waals surface area contributed by atoms with E-state index in [4.69, 9.17) is 0 Å². The second-order valence-electron chi connectivity index (χ2n) is 6.09. The summed E-state index contributed by atoms with van der Waals surface area (Å²) >= 11 is 0. The van der Waals surface area contributed by atoms with Crippen molar-refractivity contribution < 1.29 is 14.3 Å². The molecule has 1 fully saturated rings. The minimum Gasteiger partial charge on any atom is -0.469 e. The fraction of sp³-hybridized carbons (Fsp3) is 0.867. The molecule has 1 saturated carbocycles. The van der Waals surface area contributed by atoms with Gasteiger partial charge in [0, 0.05) is 18.3 Å². The van der Waals surface area contributed by atoms with Crippen LogP contribution in [0.15, 0.2) is 0 Å². The maximum Gasteiger partial charge on any atom is 0.305 e. The van der Waals surface area contributed by atoms with Crippen molar-refractivity contribution in [2.75, 3.05) is 7.11 Å². The predicted molar refractivity (Wildman–Crippen MR) is 71.2 cm³/mol. The smallest absolute Gasteiger partial charge is 0.305 e. The molecule has 0 heterocycles. The number of carbonyl (C=O) groups is 2. The Balaban J connectivity index is 2.47. The van der Waals surface area contributed by atoms with Crippen molar-refractivity contribution in [1.82, 2.24) is 0 Å². The summed E-state index contributed by atoms with van der Waals surface area (Å²) in [7, 11) is 1.43. The van der Waals surface area contributed by atoms with Gasteiger partial charge in [-0.15, -0.1) is 0 Å². The summed E-state index contributed by atoms with van der Waals surface area (Å²) in [5.74, 6) is 1.21. The van der Waals surface area contributed by atoms with E-state index in [9.17, 15) is 9.59 Å². The van der Waals surface area contributed by atoms with Crippen molar-refractivity contribution in [3.05, 3.63) is 0 Å². The van der Waals surface area contributed by atoms with E-state index in [2.05, 4.69) is 25.5 Å². The van der Waals surface area contributed by atoms with Crippen LogP contribution in [0.2, 0.25) is 0 Å². The third-order valence-corrected chi connectivity index (χ3v) is 4.52.